The third kappa shape index (κ3) is 5.21. The van der Waals surface area contributed by atoms with E-state index in [1.54, 1.807) is 23.1 Å². The smallest absolute Gasteiger partial charge is 0.257 e. The van der Waals surface area contributed by atoms with Crippen molar-refractivity contribution >= 4 is 34.8 Å². The summed E-state index contributed by atoms with van der Waals surface area (Å²) in [7, 11) is 0. The highest BCUT2D eigenvalue weighted by Gasteiger charge is 2.36. The molecule has 0 bridgehead atoms. The summed E-state index contributed by atoms with van der Waals surface area (Å²) in [6.45, 7) is 2.21. The minimum atomic E-state index is -0.782. The molecule has 36 heavy (non-hydrogen) atoms. The lowest BCUT2D eigenvalue weighted by atomic mass is 9.94. The van der Waals surface area contributed by atoms with Crippen LogP contribution in [0.3, 0.4) is 0 Å². The van der Waals surface area contributed by atoms with Crippen LogP contribution < -0.4 is 5.32 Å². The maximum absolute atomic E-state index is 14.0. The highest BCUT2D eigenvalue weighted by Crippen LogP contribution is 2.33. The summed E-state index contributed by atoms with van der Waals surface area (Å²) in [6.07, 6.45) is 5.37. The van der Waals surface area contributed by atoms with Gasteiger partial charge in [-0.3, -0.25) is 14.6 Å². The summed E-state index contributed by atoms with van der Waals surface area (Å²) in [6, 6.07) is 22.1. The van der Waals surface area contributed by atoms with E-state index in [9.17, 15) is 9.59 Å². The lowest BCUT2D eigenvalue weighted by Gasteiger charge is -2.33. The quantitative estimate of drug-likeness (QED) is 0.440. The van der Waals surface area contributed by atoms with Crippen molar-refractivity contribution in [1.29, 1.82) is 0 Å². The van der Waals surface area contributed by atoms with Gasteiger partial charge in [0.25, 0.3) is 5.91 Å². The Kier molecular flexibility index (Phi) is 7.19. The number of carbonyl (C=O) groups is 2. The molecule has 2 amide bonds. The number of hydrogen-bond donors (Lipinski definition) is 1. The van der Waals surface area contributed by atoms with Gasteiger partial charge in [-0.15, -0.1) is 0 Å². The van der Waals surface area contributed by atoms with Crippen LogP contribution in [0.4, 0.5) is 5.69 Å². The van der Waals surface area contributed by atoms with Gasteiger partial charge in [0.2, 0.25) is 5.91 Å². The predicted molar refractivity (Wildman–Crippen MR) is 144 cm³/mol. The van der Waals surface area contributed by atoms with Crippen LogP contribution in [-0.2, 0) is 4.79 Å². The van der Waals surface area contributed by atoms with E-state index in [0.29, 0.717) is 22.0 Å². The van der Waals surface area contributed by atoms with Crippen LogP contribution in [0.25, 0.3) is 0 Å². The predicted octanol–water partition coefficient (Wildman–Crippen LogP) is 6.42. The second kappa shape index (κ2) is 10.7. The Morgan fingerprint density at radius 1 is 1.00 bits per heavy atom. The van der Waals surface area contributed by atoms with E-state index in [4.69, 9.17) is 16.6 Å². The Hall–Kier alpha value is -3.44. The van der Waals surface area contributed by atoms with E-state index in [2.05, 4.69) is 5.32 Å². The molecular formula is C30H30ClN3O2. The molecule has 2 aliphatic rings. The Labute approximate surface area is 217 Å². The number of amides is 2. The van der Waals surface area contributed by atoms with E-state index < -0.39 is 6.04 Å². The molecule has 184 valence electrons. The van der Waals surface area contributed by atoms with Crippen molar-refractivity contribution in [3.05, 3.63) is 100 Å². The van der Waals surface area contributed by atoms with Gasteiger partial charge in [-0.05, 0) is 49.1 Å². The molecule has 0 saturated heterocycles. The monoisotopic (exact) mass is 499 g/mol. The number of fused-ring (bicyclic) bond motifs is 1. The SMILES string of the molecule is Cc1ccc(C(C(=O)NC2CCCCC2)N2CC(c3ccccc3)=Nc3cc(Cl)ccc3C2=O)cc1. The highest BCUT2D eigenvalue weighted by molar-refractivity contribution is 6.31. The minimum absolute atomic E-state index is 0.134. The average molecular weight is 500 g/mol. The van der Waals surface area contributed by atoms with E-state index in [1.807, 2.05) is 61.5 Å². The largest absolute Gasteiger partial charge is 0.351 e. The third-order valence-electron chi connectivity index (χ3n) is 7.04. The van der Waals surface area contributed by atoms with Gasteiger partial charge in [0.05, 0.1) is 23.5 Å². The Morgan fingerprint density at radius 3 is 2.44 bits per heavy atom. The first-order valence-electron chi connectivity index (χ1n) is 12.6. The van der Waals surface area contributed by atoms with Crippen LogP contribution in [0, 0.1) is 6.92 Å². The van der Waals surface area contributed by atoms with Gasteiger partial charge >= 0.3 is 0 Å². The second-order valence-corrected chi connectivity index (χ2v) is 10.1. The number of rotatable bonds is 5. The highest BCUT2D eigenvalue weighted by atomic mass is 35.5. The van der Waals surface area contributed by atoms with Crippen LogP contribution in [-0.4, -0.2) is 35.0 Å². The van der Waals surface area contributed by atoms with E-state index >= 15 is 0 Å². The normalized spacial score (nSPS) is 17.1. The third-order valence-corrected chi connectivity index (χ3v) is 7.27. The van der Waals surface area contributed by atoms with E-state index in [1.165, 1.54) is 6.42 Å². The fourth-order valence-electron chi connectivity index (χ4n) is 5.09. The van der Waals surface area contributed by atoms with Crippen molar-refractivity contribution in [3.8, 4) is 0 Å². The first-order chi connectivity index (χ1) is 17.5. The van der Waals surface area contributed by atoms with Crippen LogP contribution in [0.2, 0.25) is 5.02 Å². The first-order valence-corrected chi connectivity index (χ1v) is 13.0. The summed E-state index contributed by atoms with van der Waals surface area (Å²) in [5, 5.41) is 3.77. The van der Waals surface area contributed by atoms with Gasteiger partial charge in [0.15, 0.2) is 0 Å². The molecule has 3 aromatic carbocycles. The van der Waals surface area contributed by atoms with Gasteiger partial charge in [-0.1, -0.05) is 91.0 Å². The molecule has 1 atom stereocenters. The van der Waals surface area contributed by atoms with Gasteiger partial charge in [-0.25, -0.2) is 0 Å². The number of nitrogens with one attached hydrogen (secondary N) is 1. The topological polar surface area (TPSA) is 61.8 Å². The number of benzene rings is 3. The number of halogens is 1. The molecule has 1 saturated carbocycles. The van der Waals surface area contributed by atoms with E-state index in [0.717, 1.165) is 42.4 Å². The molecule has 0 spiro atoms. The van der Waals surface area contributed by atoms with Crippen LogP contribution >= 0.6 is 11.6 Å². The summed E-state index contributed by atoms with van der Waals surface area (Å²) in [4.78, 5) is 34.5. The summed E-state index contributed by atoms with van der Waals surface area (Å²) < 4.78 is 0. The first kappa shape index (κ1) is 24.3. The minimum Gasteiger partial charge on any atom is -0.351 e. The molecule has 1 aliphatic heterocycles. The van der Waals surface area contributed by atoms with Crippen molar-refractivity contribution in [2.45, 2.75) is 51.1 Å². The van der Waals surface area contributed by atoms with Crippen molar-refractivity contribution in [1.82, 2.24) is 10.2 Å². The fraction of sp³-hybridized carbons (Fsp3) is 0.300. The Bertz CT molecular complexity index is 1280. The number of hydrogen-bond acceptors (Lipinski definition) is 3. The van der Waals surface area contributed by atoms with Gasteiger partial charge in [0.1, 0.15) is 6.04 Å². The summed E-state index contributed by atoms with van der Waals surface area (Å²) in [5.41, 5.74) is 4.45. The van der Waals surface area contributed by atoms with Crippen LogP contribution in [0.15, 0.2) is 77.8 Å². The zero-order valence-corrected chi connectivity index (χ0v) is 21.2. The van der Waals surface area contributed by atoms with Gasteiger partial charge in [-0.2, -0.15) is 0 Å². The molecule has 1 N–H and O–H groups in total. The molecule has 5 rings (SSSR count). The average Bonchev–Trinajstić information content (AvgIpc) is 3.03. The molecule has 6 heteroatoms. The molecule has 0 aromatic heterocycles. The maximum Gasteiger partial charge on any atom is 0.257 e. The fourth-order valence-corrected chi connectivity index (χ4v) is 5.26. The summed E-state index contributed by atoms with van der Waals surface area (Å²) >= 11 is 6.28. The molecule has 0 radical (unpaired) electrons. The molecule has 1 unspecified atom stereocenters. The van der Waals surface area contributed by atoms with Gasteiger partial charge in [0, 0.05) is 11.1 Å². The van der Waals surface area contributed by atoms with Crippen molar-refractivity contribution < 1.29 is 9.59 Å². The van der Waals surface area contributed by atoms with Crippen LogP contribution in [0.1, 0.15) is 65.2 Å². The van der Waals surface area contributed by atoms with Crippen molar-refractivity contribution in [2.75, 3.05) is 6.54 Å². The molecule has 1 heterocycles. The molecule has 1 aliphatic carbocycles. The van der Waals surface area contributed by atoms with E-state index in [-0.39, 0.29) is 24.4 Å². The number of carbonyl (C=O) groups excluding carboxylic acids is 2. The standard InChI is InChI=1S/C30H30ClN3O2/c1-20-12-14-22(15-13-20)28(29(35)32-24-10-6-3-7-11-24)34-19-27(21-8-4-2-5-9-21)33-26-18-23(31)16-17-25(26)30(34)36/h2,4-5,8-9,12-18,24,28H,3,6-7,10-11,19H2,1H3,(H,32,35). The van der Waals surface area contributed by atoms with Crippen molar-refractivity contribution in [2.24, 2.45) is 4.99 Å². The maximum atomic E-state index is 14.0. The lowest BCUT2D eigenvalue weighted by molar-refractivity contribution is -0.126. The Morgan fingerprint density at radius 2 is 1.72 bits per heavy atom. The Balaban J connectivity index is 1.59. The number of aliphatic imine (C=N–C) groups is 1. The zero-order chi connectivity index (χ0) is 25.1. The molecule has 1 fully saturated rings. The van der Waals surface area contributed by atoms with Crippen LogP contribution in [0.5, 0.6) is 0 Å². The van der Waals surface area contributed by atoms with Crippen molar-refractivity contribution in [3.63, 3.8) is 0 Å². The molecule has 3 aromatic rings. The second-order valence-electron chi connectivity index (χ2n) is 9.68. The molecule has 5 nitrogen and oxygen atoms in total. The summed E-state index contributed by atoms with van der Waals surface area (Å²) in [5.74, 6) is -0.385. The zero-order valence-electron chi connectivity index (χ0n) is 20.4. The lowest BCUT2D eigenvalue weighted by Crippen LogP contribution is -2.48. The van der Waals surface area contributed by atoms with Gasteiger partial charge < -0.3 is 10.2 Å². The number of aryl methyl sites for hydroxylation is 1. The number of nitrogens with zero attached hydrogens (tertiary/aromatic N) is 2. The molecular weight excluding hydrogens is 470 g/mol.